The van der Waals surface area contributed by atoms with Crippen LogP contribution >= 0.6 is 11.6 Å². The van der Waals surface area contributed by atoms with Crippen LogP contribution in [0.1, 0.15) is 36.8 Å². The van der Waals surface area contributed by atoms with E-state index < -0.39 is 11.7 Å². The van der Waals surface area contributed by atoms with Crippen molar-refractivity contribution in [2.75, 3.05) is 12.4 Å². The Bertz CT molecular complexity index is 1180. The van der Waals surface area contributed by atoms with Crippen LogP contribution in [0.25, 0.3) is 10.8 Å². The molecule has 0 saturated heterocycles. The van der Waals surface area contributed by atoms with Gasteiger partial charge in [-0.1, -0.05) is 23.7 Å². The highest BCUT2D eigenvalue weighted by atomic mass is 35.5. The fourth-order valence-corrected chi connectivity index (χ4v) is 3.07. The lowest BCUT2D eigenvalue weighted by Gasteiger charge is -2.19. The monoisotopic (exact) mass is 442 g/mol. The van der Waals surface area contributed by atoms with E-state index >= 15 is 0 Å². The van der Waals surface area contributed by atoms with E-state index in [1.54, 1.807) is 70.4 Å². The van der Waals surface area contributed by atoms with Crippen LogP contribution < -0.4 is 10.9 Å². The van der Waals surface area contributed by atoms with Crippen molar-refractivity contribution in [1.29, 1.82) is 0 Å². The number of benzene rings is 1. The predicted octanol–water partition coefficient (Wildman–Crippen LogP) is 4.20. The number of rotatable bonds is 4. The van der Waals surface area contributed by atoms with Crippen LogP contribution in [0.15, 0.2) is 47.4 Å². The maximum Gasteiger partial charge on any atom is 0.413 e. The van der Waals surface area contributed by atoms with E-state index in [0.717, 1.165) is 5.56 Å². The Morgan fingerprint density at radius 1 is 1.19 bits per heavy atom. The predicted molar refractivity (Wildman–Crippen MR) is 119 cm³/mol. The fourth-order valence-electron chi connectivity index (χ4n) is 2.90. The number of aromatic nitrogens is 2. The molecule has 3 aromatic rings. The number of nitrogens with zero attached hydrogens (tertiary/aromatic N) is 2. The van der Waals surface area contributed by atoms with E-state index in [-0.39, 0.29) is 23.7 Å². The van der Waals surface area contributed by atoms with Gasteiger partial charge in [0.2, 0.25) is 0 Å². The van der Waals surface area contributed by atoms with Crippen molar-refractivity contribution in [1.82, 2.24) is 14.9 Å². The number of carbonyl (C=O) groups is 2. The molecule has 2 N–H and O–H groups in total. The zero-order chi connectivity index (χ0) is 22.8. The summed E-state index contributed by atoms with van der Waals surface area (Å²) in [6, 6.07) is 9.92. The highest BCUT2D eigenvalue weighted by molar-refractivity contribution is 6.31. The van der Waals surface area contributed by atoms with Gasteiger partial charge in [-0.25, -0.2) is 9.78 Å². The summed E-state index contributed by atoms with van der Waals surface area (Å²) in [6.07, 6.45) is 0.961. The van der Waals surface area contributed by atoms with Crippen molar-refractivity contribution in [3.05, 3.63) is 69.2 Å². The van der Waals surface area contributed by atoms with Crippen LogP contribution in [0.3, 0.4) is 0 Å². The van der Waals surface area contributed by atoms with Gasteiger partial charge in [0, 0.05) is 30.2 Å². The standard InChI is InChI=1S/C22H23ClN4O4/c1-22(2,3)31-21(30)26-18-8-5-13(11-24-18)12-27(4)20(29)17-9-14-6-7-15(23)10-16(14)19(28)25-17/h5-11H,12H2,1-4H3,(H,25,28)(H,24,26,30). The van der Waals surface area contributed by atoms with Gasteiger partial charge >= 0.3 is 6.09 Å². The molecule has 8 nitrogen and oxygen atoms in total. The summed E-state index contributed by atoms with van der Waals surface area (Å²) in [5.41, 5.74) is -0.0571. The molecule has 0 spiro atoms. The molecule has 9 heteroatoms. The van der Waals surface area contributed by atoms with Gasteiger partial charge in [-0.05, 0) is 56.0 Å². The van der Waals surface area contributed by atoms with E-state index in [1.807, 2.05) is 0 Å². The van der Waals surface area contributed by atoms with E-state index in [0.29, 0.717) is 21.6 Å². The average Bonchev–Trinajstić information content (AvgIpc) is 2.67. The molecule has 2 amide bonds. The molecule has 0 aliphatic heterocycles. The third-order valence-electron chi connectivity index (χ3n) is 4.26. The van der Waals surface area contributed by atoms with Gasteiger partial charge in [0.1, 0.15) is 17.1 Å². The minimum Gasteiger partial charge on any atom is -0.444 e. The van der Waals surface area contributed by atoms with Gasteiger partial charge in [-0.2, -0.15) is 0 Å². The number of nitrogens with one attached hydrogen (secondary N) is 2. The summed E-state index contributed by atoms with van der Waals surface area (Å²) in [5.74, 6) is -0.00518. The van der Waals surface area contributed by atoms with Crippen molar-refractivity contribution in [3.63, 3.8) is 0 Å². The molecule has 162 valence electrons. The van der Waals surface area contributed by atoms with Crippen LogP contribution in [0.2, 0.25) is 5.02 Å². The SMILES string of the molecule is CN(Cc1ccc(NC(=O)OC(C)(C)C)nc1)C(=O)c1cc2ccc(Cl)cc2c(=O)[nH]1. The number of hydrogen-bond donors (Lipinski definition) is 2. The molecule has 0 fully saturated rings. The van der Waals surface area contributed by atoms with Crippen molar-refractivity contribution in [2.24, 2.45) is 0 Å². The topological polar surface area (TPSA) is 104 Å². The van der Waals surface area contributed by atoms with Crippen molar-refractivity contribution < 1.29 is 14.3 Å². The Morgan fingerprint density at radius 3 is 2.58 bits per heavy atom. The zero-order valence-corrected chi connectivity index (χ0v) is 18.4. The molecule has 0 unspecified atom stereocenters. The lowest BCUT2D eigenvalue weighted by Crippen LogP contribution is -2.29. The first kappa shape index (κ1) is 22.3. The average molecular weight is 443 g/mol. The number of amides is 2. The van der Waals surface area contributed by atoms with Gasteiger partial charge in [0.05, 0.1) is 0 Å². The van der Waals surface area contributed by atoms with Crippen LogP contribution in [0.5, 0.6) is 0 Å². The molecule has 0 atom stereocenters. The third kappa shape index (κ3) is 5.82. The summed E-state index contributed by atoms with van der Waals surface area (Å²) in [7, 11) is 1.62. The molecule has 0 saturated carbocycles. The normalized spacial score (nSPS) is 11.3. The zero-order valence-electron chi connectivity index (χ0n) is 17.7. The van der Waals surface area contributed by atoms with E-state index in [2.05, 4.69) is 15.3 Å². The Kier molecular flexibility index (Phi) is 6.31. The molecular weight excluding hydrogens is 420 g/mol. The summed E-state index contributed by atoms with van der Waals surface area (Å²) >= 11 is 5.94. The molecule has 2 aromatic heterocycles. The quantitative estimate of drug-likeness (QED) is 0.630. The number of carbonyl (C=O) groups excluding carboxylic acids is 2. The summed E-state index contributed by atoms with van der Waals surface area (Å²) in [6.45, 7) is 5.58. The second-order valence-corrected chi connectivity index (χ2v) is 8.52. The van der Waals surface area contributed by atoms with Crippen molar-refractivity contribution in [2.45, 2.75) is 32.9 Å². The first-order chi connectivity index (χ1) is 14.5. The second kappa shape index (κ2) is 8.77. The number of pyridine rings is 2. The highest BCUT2D eigenvalue weighted by Crippen LogP contribution is 2.18. The Morgan fingerprint density at radius 2 is 1.94 bits per heavy atom. The van der Waals surface area contributed by atoms with Crippen molar-refractivity contribution >= 4 is 40.2 Å². The number of aromatic amines is 1. The van der Waals surface area contributed by atoms with E-state index in [9.17, 15) is 14.4 Å². The third-order valence-corrected chi connectivity index (χ3v) is 4.49. The van der Waals surface area contributed by atoms with Gasteiger partial charge in [-0.15, -0.1) is 0 Å². The van der Waals surface area contributed by atoms with E-state index in [4.69, 9.17) is 16.3 Å². The highest BCUT2D eigenvalue weighted by Gasteiger charge is 2.17. The van der Waals surface area contributed by atoms with Gasteiger partial charge in [-0.3, -0.25) is 14.9 Å². The lowest BCUT2D eigenvalue weighted by atomic mass is 10.1. The van der Waals surface area contributed by atoms with Gasteiger partial charge < -0.3 is 14.6 Å². The molecule has 1 aromatic carbocycles. The number of H-pyrrole nitrogens is 1. The lowest BCUT2D eigenvalue weighted by molar-refractivity contribution is 0.0635. The summed E-state index contributed by atoms with van der Waals surface area (Å²) < 4.78 is 5.18. The molecule has 3 rings (SSSR count). The van der Waals surface area contributed by atoms with E-state index in [1.165, 1.54) is 4.90 Å². The van der Waals surface area contributed by atoms with Crippen molar-refractivity contribution in [3.8, 4) is 0 Å². The molecule has 0 aliphatic rings. The largest absolute Gasteiger partial charge is 0.444 e. The Balaban J connectivity index is 1.68. The Labute approximate surface area is 184 Å². The number of anilines is 1. The molecule has 31 heavy (non-hydrogen) atoms. The number of fused-ring (bicyclic) bond motifs is 1. The Hall–Kier alpha value is -3.39. The molecule has 0 aliphatic carbocycles. The molecule has 0 bridgehead atoms. The van der Waals surface area contributed by atoms with Gasteiger partial charge in [0.25, 0.3) is 11.5 Å². The van der Waals surface area contributed by atoms with Crippen LogP contribution in [0, 0.1) is 0 Å². The summed E-state index contributed by atoms with van der Waals surface area (Å²) in [5, 5.41) is 4.05. The maximum absolute atomic E-state index is 12.8. The summed E-state index contributed by atoms with van der Waals surface area (Å²) in [4.78, 5) is 45.2. The minimum atomic E-state index is -0.608. The van der Waals surface area contributed by atoms with Crippen LogP contribution in [0.4, 0.5) is 10.6 Å². The molecular formula is C22H23ClN4O4. The smallest absolute Gasteiger partial charge is 0.413 e. The number of halogens is 1. The molecule has 2 heterocycles. The second-order valence-electron chi connectivity index (χ2n) is 8.08. The first-order valence-corrected chi connectivity index (χ1v) is 9.92. The number of hydrogen-bond acceptors (Lipinski definition) is 5. The van der Waals surface area contributed by atoms with Crippen LogP contribution in [-0.4, -0.2) is 39.5 Å². The van der Waals surface area contributed by atoms with Crippen LogP contribution in [-0.2, 0) is 11.3 Å². The first-order valence-electron chi connectivity index (χ1n) is 9.55. The fraction of sp³-hybridized carbons (Fsp3) is 0.273. The minimum absolute atomic E-state index is 0.179. The number of ether oxygens (including phenoxy) is 1. The molecule has 0 radical (unpaired) electrons. The van der Waals surface area contributed by atoms with Gasteiger partial charge in [0.15, 0.2) is 0 Å². The maximum atomic E-state index is 12.8.